The van der Waals surface area contributed by atoms with Crippen LogP contribution in [0.1, 0.15) is 18.9 Å². The highest BCUT2D eigenvalue weighted by Crippen LogP contribution is 2.19. The molecular weight excluding hydrogens is 380 g/mol. The minimum Gasteiger partial charge on any atom is -0.480 e. The lowest BCUT2D eigenvalue weighted by Crippen LogP contribution is -2.54. The number of aromatic amines is 1. The third-order valence-electron chi connectivity index (χ3n) is 4.37. The second kappa shape index (κ2) is 10.1. The molecule has 0 aliphatic carbocycles. The Morgan fingerprint density at radius 1 is 1.18 bits per heavy atom. The van der Waals surface area contributed by atoms with Crippen molar-refractivity contribution < 1.29 is 19.5 Å². The van der Waals surface area contributed by atoms with Gasteiger partial charge in [0.1, 0.15) is 12.1 Å². The van der Waals surface area contributed by atoms with Crippen LogP contribution < -0.4 is 16.4 Å². The fourth-order valence-corrected chi connectivity index (χ4v) is 3.27. The fraction of sp³-hybridized carbons (Fsp3) is 0.421. The fourth-order valence-electron chi connectivity index (χ4n) is 2.80. The van der Waals surface area contributed by atoms with E-state index in [4.69, 9.17) is 5.73 Å². The second-order valence-electron chi connectivity index (χ2n) is 6.59. The third kappa shape index (κ3) is 5.74. The smallest absolute Gasteiger partial charge is 0.326 e. The zero-order valence-electron chi connectivity index (χ0n) is 15.9. The van der Waals surface area contributed by atoms with E-state index < -0.39 is 35.9 Å². The number of carbonyl (C=O) groups is 3. The quantitative estimate of drug-likeness (QED) is 0.397. The molecule has 0 spiro atoms. The summed E-state index contributed by atoms with van der Waals surface area (Å²) in [6.07, 6.45) is 4.15. The number of para-hydroxylation sites is 1. The number of carbonyl (C=O) groups excluding carboxylic acids is 2. The van der Waals surface area contributed by atoms with Gasteiger partial charge in [-0.25, -0.2) is 4.79 Å². The molecule has 6 N–H and O–H groups in total. The number of carboxylic acid groups (broad SMARTS) is 1. The summed E-state index contributed by atoms with van der Waals surface area (Å²) in [5.74, 6) is -1.54. The molecule has 2 amide bonds. The average Bonchev–Trinajstić information content (AvgIpc) is 3.07. The number of hydrogen-bond acceptors (Lipinski definition) is 5. The predicted molar refractivity (Wildman–Crippen MR) is 110 cm³/mol. The summed E-state index contributed by atoms with van der Waals surface area (Å²) in [7, 11) is 0. The van der Waals surface area contributed by atoms with E-state index in [1.54, 1.807) is 6.20 Å². The van der Waals surface area contributed by atoms with Gasteiger partial charge in [0.2, 0.25) is 11.8 Å². The lowest BCUT2D eigenvalue weighted by Gasteiger charge is -2.22. The predicted octanol–water partition coefficient (Wildman–Crippen LogP) is 0.865. The summed E-state index contributed by atoms with van der Waals surface area (Å²) in [4.78, 5) is 39.5. The van der Waals surface area contributed by atoms with Gasteiger partial charge in [0.05, 0.1) is 6.04 Å². The highest BCUT2D eigenvalue weighted by atomic mass is 32.2. The van der Waals surface area contributed by atoms with Crippen molar-refractivity contribution in [2.24, 2.45) is 5.73 Å². The van der Waals surface area contributed by atoms with Crippen molar-refractivity contribution in [1.82, 2.24) is 15.6 Å². The highest BCUT2D eigenvalue weighted by molar-refractivity contribution is 7.98. The number of aliphatic carboxylic acids is 1. The molecule has 0 radical (unpaired) electrons. The maximum Gasteiger partial charge on any atom is 0.326 e. The zero-order chi connectivity index (χ0) is 20.7. The van der Waals surface area contributed by atoms with E-state index in [1.807, 2.05) is 30.5 Å². The Hall–Kier alpha value is -2.52. The van der Waals surface area contributed by atoms with Crippen LogP contribution in [0.5, 0.6) is 0 Å². The summed E-state index contributed by atoms with van der Waals surface area (Å²) in [5.41, 5.74) is 7.38. The Morgan fingerprint density at radius 3 is 2.50 bits per heavy atom. The van der Waals surface area contributed by atoms with Gasteiger partial charge in [-0.3, -0.25) is 9.59 Å². The SMILES string of the molecule is CSCCC(NC(=O)C(Cc1c[nH]c2ccccc12)NC(=O)C(C)N)C(=O)O. The molecule has 8 nitrogen and oxygen atoms in total. The number of thioether (sulfide) groups is 1. The average molecular weight is 407 g/mol. The minimum atomic E-state index is -1.10. The van der Waals surface area contributed by atoms with Crippen LogP contribution >= 0.6 is 11.8 Å². The van der Waals surface area contributed by atoms with Crippen molar-refractivity contribution in [3.63, 3.8) is 0 Å². The van der Waals surface area contributed by atoms with Crippen LogP contribution in [0, 0.1) is 0 Å². The van der Waals surface area contributed by atoms with Gasteiger partial charge in [-0.15, -0.1) is 0 Å². The molecule has 3 unspecified atom stereocenters. The first-order valence-electron chi connectivity index (χ1n) is 8.96. The van der Waals surface area contributed by atoms with Gasteiger partial charge in [0, 0.05) is 23.5 Å². The highest BCUT2D eigenvalue weighted by Gasteiger charge is 2.28. The van der Waals surface area contributed by atoms with Crippen molar-refractivity contribution in [2.45, 2.75) is 37.9 Å². The number of H-pyrrole nitrogens is 1. The Balaban J connectivity index is 2.21. The van der Waals surface area contributed by atoms with Crippen molar-refractivity contribution in [2.75, 3.05) is 12.0 Å². The number of carboxylic acids is 1. The summed E-state index contributed by atoms with van der Waals surface area (Å²) < 4.78 is 0. The molecule has 152 valence electrons. The van der Waals surface area contributed by atoms with E-state index in [0.29, 0.717) is 12.2 Å². The van der Waals surface area contributed by atoms with Crippen molar-refractivity contribution in [3.05, 3.63) is 36.0 Å². The van der Waals surface area contributed by atoms with Crippen LogP contribution in [-0.4, -0.2) is 58.0 Å². The van der Waals surface area contributed by atoms with E-state index in [2.05, 4.69) is 15.6 Å². The van der Waals surface area contributed by atoms with Crippen LogP contribution in [0.3, 0.4) is 0 Å². The first kappa shape index (κ1) is 21.8. The molecule has 2 rings (SSSR count). The maximum absolute atomic E-state index is 12.8. The molecule has 9 heteroatoms. The number of benzene rings is 1. The molecule has 0 saturated heterocycles. The van der Waals surface area contributed by atoms with Crippen LogP contribution in [0.25, 0.3) is 10.9 Å². The molecule has 1 heterocycles. The van der Waals surface area contributed by atoms with Crippen molar-refractivity contribution in [1.29, 1.82) is 0 Å². The van der Waals surface area contributed by atoms with Gasteiger partial charge in [-0.2, -0.15) is 11.8 Å². The number of aromatic nitrogens is 1. The Morgan fingerprint density at radius 2 is 1.86 bits per heavy atom. The molecule has 1 aromatic heterocycles. The standard InChI is InChI=1S/C19H26N4O4S/c1-11(20)17(24)23-16(18(25)22-15(19(26)27)7-8-28-2)9-12-10-21-14-6-4-3-5-13(12)14/h3-6,10-11,15-16,21H,7-9,20H2,1-2H3,(H,22,25)(H,23,24)(H,26,27). The normalized spacial score (nSPS) is 14.2. The lowest BCUT2D eigenvalue weighted by atomic mass is 10.0. The van der Waals surface area contributed by atoms with Crippen molar-refractivity contribution >= 4 is 40.4 Å². The molecule has 3 atom stereocenters. The van der Waals surface area contributed by atoms with E-state index in [-0.39, 0.29) is 6.42 Å². The van der Waals surface area contributed by atoms with Crippen LogP contribution in [0.15, 0.2) is 30.5 Å². The first-order chi connectivity index (χ1) is 13.3. The monoisotopic (exact) mass is 406 g/mol. The molecule has 0 saturated carbocycles. The number of amides is 2. The van der Waals surface area contributed by atoms with Gasteiger partial charge in [0.25, 0.3) is 0 Å². The Labute approximate surface area is 167 Å². The Bertz CT molecular complexity index is 836. The minimum absolute atomic E-state index is 0.211. The topological polar surface area (TPSA) is 137 Å². The molecule has 0 bridgehead atoms. The lowest BCUT2D eigenvalue weighted by molar-refractivity contribution is -0.142. The van der Waals surface area contributed by atoms with Gasteiger partial charge >= 0.3 is 5.97 Å². The number of rotatable bonds is 10. The molecule has 28 heavy (non-hydrogen) atoms. The first-order valence-corrected chi connectivity index (χ1v) is 10.4. The third-order valence-corrected chi connectivity index (χ3v) is 5.01. The largest absolute Gasteiger partial charge is 0.480 e. The maximum atomic E-state index is 12.8. The van der Waals surface area contributed by atoms with Crippen molar-refractivity contribution in [3.8, 4) is 0 Å². The molecule has 0 fully saturated rings. The van der Waals surface area contributed by atoms with Gasteiger partial charge in [-0.05, 0) is 37.0 Å². The summed E-state index contributed by atoms with van der Waals surface area (Å²) in [6.45, 7) is 1.52. The van der Waals surface area contributed by atoms with E-state index in [1.165, 1.54) is 18.7 Å². The number of hydrogen-bond donors (Lipinski definition) is 5. The number of nitrogens with one attached hydrogen (secondary N) is 3. The van der Waals surface area contributed by atoms with Gasteiger partial charge in [-0.1, -0.05) is 18.2 Å². The molecular formula is C19H26N4O4S. The summed E-state index contributed by atoms with van der Waals surface area (Å²) >= 11 is 1.50. The summed E-state index contributed by atoms with van der Waals surface area (Å²) in [6, 6.07) is 4.88. The number of nitrogens with two attached hydrogens (primary N) is 1. The van der Waals surface area contributed by atoms with Crippen LogP contribution in [0.4, 0.5) is 0 Å². The molecule has 0 aliphatic heterocycles. The zero-order valence-corrected chi connectivity index (χ0v) is 16.7. The Kier molecular flexibility index (Phi) is 7.89. The molecule has 1 aromatic carbocycles. The van der Waals surface area contributed by atoms with Gasteiger partial charge < -0.3 is 26.5 Å². The van der Waals surface area contributed by atoms with Crippen LogP contribution in [0.2, 0.25) is 0 Å². The molecule has 2 aromatic rings. The second-order valence-corrected chi connectivity index (χ2v) is 7.58. The van der Waals surface area contributed by atoms with E-state index >= 15 is 0 Å². The van der Waals surface area contributed by atoms with E-state index in [0.717, 1.165) is 16.5 Å². The van der Waals surface area contributed by atoms with E-state index in [9.17, 15) is 19.5 Å². The van der Waals surface area contributed by atoms with Gasteiger partial charge in [0.15, 0.2) is 0 Å². The summed E-state index contributed by atoms with van der Waals surface area (Å²) in [5, 5.41) is 15.5. The molecule has 0 aliphatic rings. The van der Waals surface area contributed by atoms with Crippen LogP contribution in [-0.2, 0) is 20.8 Å². The number of fused-ring (bicyclic) bond motifs is 1.